The molecular weight excluding hydrogens is 333 g/mol. The molecule has 1 aromatic heterocycles. The molecule has 3 N–H and O–H groups in total. The lowest BCUT2D eigenvalue weighted by molar-refractivity contribution is 0.242. The fourth-order valence-corrected chi connectivity index (χ4v) is 2.66. The summed E-state index contributed by atoms with van der Waals surface area (Å²) >= 11 is 0. The Morgan fingerprint density at radius 3 is 2.44 bits per heavy atom. The number of aromatic nitrogens is 1. The van der Waals surface area contributed by atoms with Crippen molar-refractivity contribution in [3.8, 4) is 0 Å². The predicted molar refractivity (Wildman–Crippen MR) is 87.6 cm³/mol. The molecule has 2 aromatic carbocycles. The third-order valence-electron chi connectivity index (χ3n) is 3.94. The highest BCUT2D eigenvalue weighted by atomic mass is 19.2. The molecule has 0 saturated heterocycles. The molecule has 0 unspecified atom stereocenters. The Morgan fingerprint density at radius 1 is 1.08 bits per heavy atom. The van der Waals surface area contributed by atoms with Crippen LogP contribution in [-0.2, 0) is 6.54 Å². The lowest BCUT2D eigenvalue weighted by Gasteiger charge is -2.17. The van der Waals surface area contributed by atoms with Crippen LogP contribution < -0.4 is 10.9 Å². The lowest BCUT2D eigenvalue weighted by atomic mass is 10.1. The van der Waals surface area contributed by atoms with Crippen LogP contribution in [-0.4, -0.2) is 16.7 Å². The van der Waals surface area contributed by atoms with Crippen molar-refractivity contribution in [1.82, 2.24) is 10.3 Å². The maximum absolute atomic E-state index is 13.4. The van der Waals surface area contributed by atoms with Gasteiger partial charge in [-0.05, 0) is 35.2 Å². The molecule has 3 rings (SSSR count). The Morgan fingerprint density at radius 2 is 1.76 bits per heavy atom. The van der Waals surface area contributed by atoms with Gasteiger partial charge in [-0.15, -0.1) is 0 Å². The van der Waals surface area contributed by atoms with E-state index in [9.17, 15) is 23.1 Å². The van der Waals surface area contributed by atoms with Gasteiger partial charge >= 0.3 is 0 Å². The normalized spacial score (nSPS) is 12.5. The number of fused-ring (bicyclic) bond motifs is 1. The van der Waals surface area contributed by atoms with Crippen LogP contribution in [0.3, 0.4) is 0 Å². The lowest BCUT2D eigenvalue weighted by Crippen LogP contribution is -2.26. The minimum Gasteiger partial charge on any atom is -0.394 e. The number of hydrogen-bond acceptors (Lipinski definition) is 3. The molecule has 0 spiro atoms. The molecule has 0 amide bonds. The van der Waals surface area contributed by atoms with Gasteiger partial charge in [0.15, 0.2) is 17.5 Å². The number of aromatic amines is 1. The highest BCUT2D eigenvalue weighted by Crippen LogP contribution is 2.20. The van der Waals surface area contributed by atoms with Crippen molar-refractivity contribution < 1.29 is 18.3 Å². The minimum absolute atomic E-state index is 0.0713. The molecule has 0 bridgehead atoms. The average molecular weight is 348 g/mol. The largest absolute Gasteiger partial charge is 0.394 e. The Balaban J connectivity index is 1.83. The third-order valence-corrected chi connectivity index (χ3v) is 3.94. The van der Waals surface area contributed by atoms with Crippen LogP contribution in [0.1, 0.15) is 17.3 Å². The molecule has 1 heterocycles. The molecule has 1 atom stereocenters. The SMILES string of the molecule is O=c1[nH]c(CN[C@H](CO)c2cc(F)c(F)c(F)c2)cc2ccccc12. The number of rotatable bonds is 5. The van der Waals surface area contributed by atoms with Gasteiger partial charge in [-0.2, -0.15) is 0 Å². The first-order valence-corrected chi connectivity index (χ1v) is 7.59. The number of halogens is 3. The van der Waals surface area contributed by atoms with Gasteiger partial charge in [0.05, 0.1) is 12.6 Å². The highest BCUT2D eigenvalue weighted by Gasteiger charge is 2.17. The molecule has 7 heteroatoms. The van der Waals surface area contributed by atoms with Gasteiger partial charge in [0.25, 0.3) is 5.56 Å². The number of H-pyrrole nitrogens is 1. The first-order valence-electron chi connectivity index (χ1n) is 7.59. The van der Waals surface area contributed by atoms with E-state index >= 15 is 0 Å². The molecule has 0 fully saturated rings. The molecule has 25 heavy (non-hydrogen) atoms. The second-order valence-corrected chi connectivity index (χ2v) is 5.63. The monoisotopic (exact) mass is 348 g/mol. The van der Waals surface area contributed by atoms with Crippen LogP contribution in [0.4, 0.5) is 13.2 Å². The van der Waals surface area contributed by atoms with Crippen LogP contribution in [0.2, 0.25) is 0 Å². The number of benzene rings is 2. The van der Waals surface area contributed by atoms with E-state index in [1.807, 2.05) is 0 Å². The van der Waals surface area contributed by atoms with Crippen molar-refractivity contribution in [1.29, 1.82) is 0 Å². The van der Waals surface area contributed by atoms with Crippen LogP contribution >= 0.6 is 0 Å². The summed E-state index contributed by atoms with van der Waals surface area (Å²) in [6, 6.07) is 9.66. The van der Waals surface area contributed by atoms with Crippen molar-refractivity contribution in [3.63, 3.8) is 0 Å². The first-order chi connectivity index (χ1) is 12.0. The molecule has 4 nitrogen and oxygen atoms in total. The summed E-state index contributed by atoms with van der Waals surface area (Å²) in [6.07, 6.45) is 0. The van der Waals surface area contributed by atoms with E-state index in [-0.39, 0.29) is 17.7 Å². The third kappa shape index (κ3) is 3.57. The molecular formula is C18H15F3N2O2. The van der Waals surface area contributed by atoms with E-state index in [1.165, 1.54) is 0 Å². The van der Waals surface area contributed by atoms with Crippen molar-refractivity contribution in [2.75, 3.05) is 6.61 Å². The predicted octanol–water partition coefficient (Wildman–Crippen LogP) is 2.77. The summed E-state index contributed by atoms with van der Waals surface area (Å²) in [7, 11) is 0. The van der Waals surface area contributed by atoms with Gasteiger partial charge in [0.1, 0.15) is 0 Å². The van der Waals surface area contributed by atoms with Gasteiger partial charge < -0.3 is 15.4 Å². The van der Waals surface area contributed by atoms with Gasteiger partial charge in [0.2, 0.25) is 0 Å². The number of aliphatic hydroxyl groups is 1. The molecule has 0 aliphatic rings. The summed E-state index contributed by atoms with van der Waals surface area (Å²) in [4.78, 5) is 14.7. The second kappa shape index (κ2) is 7.08. The van der Waals surface area contributed by atoms with Crippen LogP contribution in [0.5, 0.6) is 0 Å². The number of pyridine rings is 1. The fourth-order valence-electron chi connectivity index (χ4n) is 2.66. The fraction of sp³-hybridized carbons (Fsp3) is 0.167. The number of aliphatic hydroxyl groups excluding tert-OH is 1. The number of nitrogens with one attached hydrogen (secondary N) is 2. The second-order valence-electron chi connectivity index (χ2n) is 5.63. The molecule has 0 saturated carbocycles. The van der Waals surface area contributed by atoms with E-state index in [4.69, 9.17) is 0 Å². The molecule has 0 aliphatic carbocycles. The molecule has 3 aromatic rings. The maximum Gasteiger partial charge on any atom is 0.256 e. The van der Waals surface area contributed by atoms with Crippen molar-refractivity contribution in [2.24, 2.45) is 0 Å². The molecule has 0 aliphatic heterocycles. The summed E-state index contributed by atoms with van der Waals surface area (Å²) in [5.74, 6) is -4.21. The van der Waals surface area contributed by atoms with Crippen molar-refractivity contribution in [2.45, 2.75) is 12.6 Å². The Hall–Kier alpha value is -2.64. The Labute approximate surface area is 140 Å². The zero-order valence-corrected chi connectivity index (χ0v) is 13.0. The highest BCUT2D eigenvalue weighted by molar-refractivity contribution is 5.81. The summed E-state index contributed by atoms with van der Waals surface area (Å²) in [5.41, 5.74) is 0.363. The number of hydrogen-bond donors (Lipinski definition) is 3. The Bertz CT molecular complexity index is 949. The van der Waals surface area contributed by atoms with Gasteiger partial charge in [-0.1, -0.05) is 18.2 Å². The minimum atomic E-state index is -1.56. The van der Waals surface area contributed by atoms with Crippen LogP contribution in [0.15, 0.2) is 47.3 Å². The Kier molecular flexibility index (Phi) is 4.87. The standard InChI is InChI=1S/C18H15F3N2O2/c19-14-6-11(7-15(20)17(14)21)16(9-24)22-8-12-5-10-3-1-2-4-13(10)18(25)23-12/h1-7,16,22,24H,8-9H2,(H,23,25)/t16-/m1/s1. The van der Waals surface area contributed by atoms with E-state index in [1.54, 1.807) is 30.3 Å². The van der Waals surface area contributed by atoms with Crippen molar-refractivity contribution in [3.05, 3.63) is 81.5 Å². The zero-order valence-electron chi connectivity index (χ0n) is 13.0. The van der Waals surface area contributed by atoms with E-state index in [0.29, 0.717) is 11.1 Å². The first kappa shape index (κ1) is 17.2. The summed E-state index contributed by atoms with van der Waals surface area (Å²) < 4.78 is 39.8. The maximum atomic E-state index is 13.4. The van der Waals surface area contributed by atoms with E-state index in [0.717, 1.165) is 17.5 Å². The van der Waals surface area contributed by atoms with Gasteiger partial charge in [0, 0.05) is 17.6 Å². The zero-order chi connectivity index (χ0) is 18.0. The smallest absolute Gasteiger partial charge is 0.256 e. The van der Waals surface area contributed by atoms with E-state index < -0.39 is 30.1 Å². The average Bonchev–Trinajstić information content (AvgIpc) is 2.60. The quantitative estimate of drug-likeness (QED) is 0.621. The molecule has 130 valence electrons. The van der Waals surface area contributed by atoms with Crippen LogP contribution in [0.25, 0.3) is 10.8 Å². The topological polar surface area (TPSA) is 65.1 Å². The van der Waals surface area contributed by atoms with Crippen LogP contribution in [0, 0.1) is 17.5 Å². The summed E-state index contributed by atoms with van der Waals surface area (Å²) in [6.45, 7) is -0.311. The van der Waals surface area contributed by atoms with E-state index in [2.05, 4.69) is 10.3 Å². The summed E-state index contributed by atoms with van der Waals surface area (Å²) in [5, 5.41) is 13.7. The van der Waals surface area contributed by atoms with Crippen molar-refractivity contribution >= 4 is 10.8 Å². The molecule has 0 radical (unpaired) electrons. The van der Waals surface area contributed by atoms with Gasteiger partial charge in [-0.3, -0.25) is 4.79 Å². The van der Waals surface area contributed by atoms with Gasteiger partial charge in [-0.25, -0.2) is 13.2 Å².